The zero-order chi connectivity index (χ0) is 39.0. The molecule has 0 aliphatic carbocycles. The van der Waals surface area contributed by atoms with E-state index in [4.69, 9.17) is 24.1 Å². The lowest BCUT2D eigenvalue weighted by Gasteiger charge is -2.39. The Morgan fingerprint density at radius 2 is 1.72 bits per heavy atom. The lowest BCUT2D eigenvalue weighted by Crippen LogP contribution is -2.58. The third-order valence-corrected chi connectivity index (χ3v) is 9.74. The number of amides is 3. The molecule has 0 spiro atoms. The lowest BCUT2D eigenvalue weighted by molar-refractivity contribution is -0.134. The van der Waals surface area contributed by atoms with E-state index in [9.17, 15) is 27.2 Å². The number of carboxylic acids is 1. The first-order chi connectivity index (χ1) is 25.7. The number of halogens is 1. The predicted octanol–water partition coefficient (Wildman–Crippen LogP) is 4.03. The Hall–Kier alpha value is -5.96. The van der Waals surface area contributed by atoms with Crippen molar-refractivity contribution in [3.63, 3.8) is 0 Å². The maximum atomic E-state index is 14.8. The monoisotopic (exact) mass is 761 g/mol. The summed E-state index contributed by atoms with van der Waals surface area (Å²) in [6.45, 7) is 1.25. The molecule has 4 aromatic carbocycles. The highest BCUT2D eigenvalue weighted by molar-refractivity contribution is 7.90. The van der Waals surface area contributed by atoms with Crippen LogP contribution < -0.4 is 24.8 Å². The van der Waals surface area contributed by atoms with Crippen molar-refractivity contribution >= 4 is 33.5 Å². The van der Waals surface area contributed by atoms with Gasteiger partial charge < -0.3 is 34.9 Å². The van der Waals surface area contributed by atoms with Crippen LogP contribution in [0, 0.1) is 5.82 Å². The van der Waals surface area contributed by atoms with Crippen LogP contribution in [-0.2, 0) is 37.2 Å². The molecule has 6 bridgehead atoms. The highest BCUT2D eigenvalue weighted by Crippen LogP contribution is 2.33. The van der Waals surface area contributed by atoms with Gasteiger partial charge in [-0.05, 0) is 71.3 Å². The summed E-state index contributed by atoms with van der Waals surface area (Å²) in [6, 6.07) is 21.7. The number of fused-ring (bicyclic) bond motifs is 8. The number of rotatable bonds is 4. The molecule has 6 rings (SSSR count). The van der Waals surface area contributed by atoms with Crippen LogP contribution in [0.3, 0.4) is 0 Å². The Kier molecular flexibility index (Phi) is 12.5. The van der Waals surface area contributed by atoms with E-state index in [1.165, 1.54) is 31.4 Å². The molecule has 3 N–H and O–H groups in total. The van der Waals surface area contributed by atoms with Crippen LogP contribution in [0.4, 0.5) is 4.39 Å². The van der Waals surface area contributed by atoms with Crippen LogP contribution in [-0.4, -0.2) is 87.3 Å². The van der Waals surface area contributed by atoms with Gasteiger partial charge in [-0.3, -0.25) is 19.2 Å². The number of aliphatic carboxylic acids is 1. The molecule has 13 nitrogen and oxygen atoms in total. The minimum absolute atomic E-state index is 0.0255. The molecule has 3 amide bonds. The fourth-order valence-electron chi connectivity index (χ4n) is 6.02. The number of likely N-dealkylation sites (tertiary alicyclic amines) is 1. The Balaban J connectivity index is 0.00000133. The molecule has 54 heavy (non-hydrogen) atoms. The second-order valence-corrected chi connectivity index (χ2v) is 14.8. The van der Waals surface area contributed by atoms with Gasteiger partial charge in [0.05, 0.1) is 24.5 Å². The fourth-order valence-corrected chi connectivity index (χ4v) is 6.65. The summed E-state index contributed by atoms with van der Waals surface area (Å²) < 4.78 is 56.1. The van der Waals surface area contributed by atoms with Crippen molar-refractivity contribution in [2.45, 2.75) is 43.4 Å². The van der Waals surface area contributed by atoms with Crippen molar-refractivity contribution in [1.82, 2.24) is 15.5 Å². The molecule has 0 saturated carbocycles. The Bertz CT molecular complexity index is 2140. The first kappa shape index (κ1) is 39.3. The maximum absolute atomic E-state index is 14.8. The van der Waals surface area contributed by atoms with E-state index >= 15 is 0 Å². The van der Waals surface area contributed by atoms with Crippen molar-refractivity contribution < 1.29 is 51.3 Å². The van der Waals surface area contributed by atoms with Crippen molar-refractivity contribution in [3.05, 3.63) is 107 Å². The van der Waals surface area contributed by atoms with Crippen molar-refractivity contribution in [3.8, 4) is 28.4 Å². The number of methoxy groups -OCH3 is 1. The number of ether oxygens (including phenoxy) is 3. The lowest BCUT2D eigenvalue weighted by atomic mass is 9.98. The molecular formula is C39H40FN3O10S. The second-order valence-electron chi connectivity index (χ2n) is 12.8. The van der Waals surface area contributed by atoms with Gasteiger partial charge >= 0.3 is 0 Å². The van der Waals surface area contributed by atoms with E-state index in [0.717, 1.165) is 13.2 Å². The number of nitrogens with zero attached hydrogens (tertiary/aromatic N) is 1. The van der Waals surface area contributed by atoms with Gasteiger partial charge in [-0.25, -0.2) is 12.8 Å². The summed E-state index contributed by atoms with van der Waals surface area (Å²) >= 11 is 0. The number of carboxylic acid groups (broad SMARTS) is 1. The predicted molar refractivity (Wildman–Crippen MR) is 196 cm³/mol. The Morgan fingerprint density at radius 1 is 0.981 bits per heavy atom. The van der Waals surface area contributed by atoms with Crippen LogP contribution in [0.2, 0.25) is 0 Å². The van der Waals surface area contributed by atoms with Gasteiger partial charge in [0.15, 0.2) is 16.4 Å². The van der Waals surface area contributed by atoms with Gasteiger partial charge in [0.2, 0.25) is 5.91 Å². The molecule has 284 valence electrons. The third kappa shape index (κ3) is 10.6. The average Bonchev–Trinajstić information content (AvgIpc) is 3.12. The van der Waals surface area contributed by atoms with Gasteiger partial charge in [-0.1, -0.05) is 24.3 Å². The number of hydrogen-bond acceptors (Lipinski definition) is 9. The zero-order valence-electron chi connectivity index (χ0n) is 29.8. The van der Waals surface area contributed by atoms with Crippen molar-refractivity contribution in [1.29, 1.82) is 0 Å². The average molecular weight is 762 g/mol. The summed E-state index contributed by atoms with van der Waals surface area (Å²) in [5.74, 6) is -1.28. The molecule has 0 radical (unpaired) electrons. The number of piperidine rings is 1. The molecule has 2 heterocycles. The smallest absolute Gasteiger partial charge is 0.300 e. The van der Waals surface area contributed by atoms with E-state index in [2.05, 4.69) is 10.6 Å². The summed E-state index contributed by atoms with van der Waals surface area (Å²) in [5, 5.41) is 13.2. The van der Waals surface area contributed by atoms with Crippen molar-refractivity contribution in [2.75, 3.05) is 33.1 Å². The Morgan fingerprint density at radius 3 is 2.43 bits per heavy atom. The first-order valence-corrected chi connectivity index (χ1v) is 18.8. The number of benzene rings is 4. The quantitative estimate of drug-likeness (QED) is 0.275. The van der Waals surface area contributed by atoms with Gasteiger partial charge in [0.1, 0.15) is 29.2 Å². The molecular weight excluding hydrogens is 722 g/mol. The van der Waals surface area contributed by atoms with Gasteiger partial charge in [0, 0.05) is 56.4 Å². The second kappa shape index (κ2) is 17.2. The maximum Gasteiger partial charge on any atom is 0.300 e. The molecule has 2 aliphatic heterocycles. The van der Waals surface area contributed by atoms with Crippen LogP contribution in [0.15, 0.2) is 89.8 Å². The van der Waals surface area contributed by atoms with Crippen LogP contribution >= 0.6 is 0 Å². The standard InChI is InChI=1S/C37H36FN3O8S.C2H4O2/c1-47-33-11-8-26-18-31(33)25-4-3-5-28(17-25)48-22-35(42)39-20-24-14-27(38)19-29(15-24)49-34-12-13-41(21-32(34)40-37(26)44)36(43)16-23-6-9-30(10-7-23)50(2,45)46;1-2(3)4/h3-11,14-15,17-19,32,34H,12-13,16,20-22H2,1-2H3,(H,39,42)(H,40,44);1H3,(H,3,4)/t32-,34-;/m1./s1. The highest BCUT2D eigenvalue weighted by Gasteiger charge is 2.34. The Labute approximate surface area is 312 Å². The third-order valence-electron chi connectivity index (χ3n) is 8.61. The highest BCUT2D eigenvalue weighted by atomic mass is 32.2. The summed E-state index contributed by atoms with van der Waals surface area (Å²) in [6.07, 6.45) is 0.837. The van der Waals surface area contributed by atoms with E-state index in [1.54, 1.807) is 59.5 Å². The molecule has 4 aromatic rings. The van der Waals surface area contributed by atoms with E-state index in [-0.39, 0.29) is 42.7 Å². The van der Waals surface area contributed by atoms with Crippen LogP contribution in [0.5, 0.6) is 17.2 Å². The van der Waals surface area contributed by atoms with Gasteiger partial charge in [0.25, 0.3) is 17.8 Å². The minimum Gasteiger partial charge on any atom is -0.496 e. The van der Waals surface area contributed by atoms with E-state index < -0.39 is 45.6 Å². The topological polar surface area (TPSA) is 178 Å². The van der Waals surface area contributed by atoms with Crippen LogP contribution in [0.1, 0.15) is 34.8 Å². The zero-order valence-corrected chi connectivity index (χ0v) is 30.7. The minimum atomic E-state index is -3.38. The number of sulfone groups is 1. The normalized spacial score (nSPS) is 17.2. The molecule has 0 aromatic heterocycles. The molecule has 1 saturated heterocycles. The summed E-state index contributed by atoms with van der Waals surface area (Å²) in [5.41, 5.74) is 2.75. The molecule has 2 aliphatic rings. The van der Waals surface area contributed by atoms with Crippen LogP contribution in [0.25, 0.3) is 11.1 Å². The van der Waals surface area contributed by atoms with Crippen molar-refractivity contribution in [2.24, 2.45) is 0 Å². The van der Waals surface area contributed by atoms with E-state index in [0.29, 0.717) is 52.3 Å². The molecule has 1 fully saturated rings. The molecule has 0 unspecified atom stereocenters. The largest absolute Gasteiger partial charge is 0.496 e. The number of carbonyl (C=O) groups excluding carboxylic acids is 3. The first-order valence-electron chi connectivity index (χ1n) is 16.9. The fraction of sp³-hybridized carbons (Fsp3) is 0.282. The molecule has 2 atom stereocenters. The number of carbonyl (C=O) groups is 4. The van der Waals surface area contributed by atoms with Gasteiger partial charge in [-0.2, -0.15) is 0 Å². The summed E-state index contributed by atoms with van der Waals surface area (Å²) in [7, 11) is -1.85. The SMILES string of the molecule is CC(=O)O.COc1ccc2cc1-c1cccc(c1)OCC(=O)NCc1cc(F)cc(c1)O[C@@H]1CCN(C(=O)Cc3ccc(S(C)(=O)=O)cc3)C[C@H]1NC2=O. The number of hydrogen-bond donors (Lipinski definition) is 3. The number of nitrogens with one attached hydrogen (secondary N) is 2. The van der Waals surface area contributed by atoms with E-state index in [1.807, 2.05) is 6.07 Å². The molecule has 15 heteroatoms. The van der Waals surface area contributed by atoms with Gasteiger partial charge in [-0.15, -0.1) is 0 Å². The summed E-state index contributed by atoms with van der Waals surface area (Å²) in [4.78, 5) is 50.8.